The molecule has 5 heteroatoms. The third-order valence-corrected chi connectivity index (χ3v) is 16.9. The van der Waals surface area contributed by atoms with E-state index in [1.165, 1.54) is 52.8 Å². The minimum Gasteiger partial charge on any atom is -0.310 e. The summed E-state index contributed by atoms with van der Waals surface area (Å²) < 4.78 is 4.99. The highest BCUT2D eigenvalue weighted by Gasteiger charge is 2.23. The third kappa shape index (κ3) is 8.65. The molecule has 0 aliphatic rings. The van der Waals surface area contributed by atoms with Gasteiger partial charge in [-0.2, -0.15) is 0 Å². The first-order valence-electron chi connectivity index (χ1n) is 27.6. The first kappa shape index (κ1) is 47.7. The molecule has 15 aromatic rings. The summed E-state index contributed by atoms with van der Waals surface area (Å²) in [5.41, 5.74) is 17.5. The zero-order valence-corrected chi connectivity index (χ0v) is 45.0. The summed E-state index contributed by atoms with van der Waals surface area (Å²) in [6.45, 7) is 0. The van der Waals surface area contributed by atoms with E-state index in [1.807, 2.05) is 11.3 Å². The molecule has 13 aromatic carbocycles. The van der Waals surface area contributed by atoms with Gasteiger partial charge in [0.1, 0.15) is 0 Å². The Hall–Kier alpha value is -10.5. The Morgan fingerprint density at radius 1 is 0.235 bits per heavy atom. The topological polar surface area (TPSA) is 14.7 Å². The Kier molecular flexibility index (Phi) is 12.0. The zero-order chi connectivity index (χ0) is 53.6. The van der Waals surface area contributed by atoms with Crippen LogP contribution in [0.4, 0.5) is 51.2 Å². The van der Waals surface area contributed by atoms with Crippen molar-refractivity contribution in [2.75, 3.05) is 14.7 Å². The average Bonchev–Trinajstić information content (AvgIpc) is 4.33. The van der Waals surface area contributed by atoms with Crippen LogP contribution in [0, 0.1) is 0 Å². The number of hydrogen-bond donors (Lipinski definition) is 0. The summed E-state index contributed by atoms with van der Waals surface area (Å²) in [6.07, 6.45) is 0. The van der Waals surface area contributed by atoms with E-state index < -0.39 is 0 Å². The summed E-state index contributed by atoms with van der Waals surface area (Å²) in [7, 11) is 0. The van der Waals surface area contributed by atoms with E-state index in [1.54, 1.807) is 0 Å². The van der Waals surface area contributed by atoms with E-state index in [-0.39, 0.29) is 0 Å². The molecule has 0 N–H and O–H groups in total. The second kappa shape index (κ2) is 20.4. The summed E-state index contributed by atoms with van der Waals surface area (Å²) in [4.78, 5) is 7.19. The number of aromatic nitrogens is 1. The molecule has 0 radical (unpaired) electrons. The standard InChI is InChI=1S/C76H52N4S/c1-6-25-57(26-7-1)77(58-27-8-2-9-28-58)63-36-21-37-64(51-63)79(62-35-20-24-55(47-62)68-40-22-41-70-71-45-43-53-23-16-17-38-67(53)75(71)81-76(68)70)66-49-56(48-65(52-66)78(59-29-10-3-11-30-59)60-31-12-4-13-32-60)54-44-46-74-72(50-54)69-39-18-19-42-73(69)80(74)61-33-14-5-15-34-61/h1-52H. The van der Waals surface area contributed by atoms with E-state index in [0.29, 0.717) is 0 Å². The van der Waals surface area contributed by atoms with Crippen LogP contribution in [0.25, 0.3) is 80.7 Å². The monoisotopic (exact) mass is 1050 g/mol. The fourth-order valence-corrected chi connectivity index (χ4v) is 13.4. The number of anilines is 9. The minimum atomic E-state index is 1.01. The predicted molar refractivity (Wildman–Crippen MR) is 346 cm³/mol. The molecule has 0 fully saturated rings. The summed E-state index contributed by atoms with van der Waals surface area (Å²) in [6, 6.07) is 115. The molecule has 0 spiro atoms. The van der Waals surface area contributed by atoms with Crippen molar-refractivity contribution >= 4 is 115 Å². The minimum absolute atomic E-state index is 1.01. The van der Waals surface area contributed by atoms with Crippen LogP contribution >= 0.6 is 11.3 Å². The molecule has 2 heterocycles. The number of rotatable bonds is 12. The molecule has 2 aromatic heterocycles. The molecule has 0 atom stereocenters. The van der Waals surface area contributed by atoms with Gasteiger partial charge in [0, 0.05) is 87.8 Å². The van der Waals surface area contributed by atoms with Crippen molar-refractivity contribution in [1.29, 1.82) is 0 Å². The highest BCUT2D eigenvalue weighted by atomic mass is 32.1. The maximum atomic E-state index is 2.46. The molecule has 0 aliphatic heterocycles. The first-order chi connectivity index (χ1) is 40.2. The van der Waals surface area contributed by atoms with E-state index in [2.05, 4.69) is 335 Å². The fourth-order valence-electron chi connectivity index (χ4n) is 12.0. The highest BCUT2D eigenvalue weighted by Crippen LogP contribution is 2.48. The van der Waals surface area contributed by atoms with Crippen LogP contribution < -0.4 is 14.7 Å². The second-order valence-corrected chi connectivity index (χ2v) is 21.5. The maximum absolute atomic E-state index is 2.46. The second-order valence-electron chi connectivity index (χ2n) is 20.5. The summed E-state index contributed by atoms with van der Waals surface area (Å²) >= 11 is 1.90. The predicted octanol–water partition coefficient (Wildman–Crippen LogP) is 22.0. The summed E-state index contributed by atoms with van der Waals surface area (Å²) in [5.74, 6) is 0. The molecule has 81 heavy (non-hydrogen) atoms. The lowest BCUT2D eigenvalue weighted by molar-refractivity contribution is 1.18. The lowest BCUT2D eigenvalue weighted by atomic mass is 9.99. The van der Waals surface area contributed by atoms with Crippen LogP contribution in [-0.2, 0) is 0 Å². The van der Waals surface area contributed by atoms with Crippen LogP contribution in [0.3, 0.4) is 0 Å². The van der Waals surface area contributed by atoms with Crippen molar-refractivity contribution in [2.24, 2.45) is 0 Å². The van der Waals surface area contributed by atoms with Crippen LogP contribution in [-0.4, -0.2) is 4.57 Å². The molecule has 15 rings (SSSR count). The Morgan fingerprint density at radius 3 is 1.32 bits per heavy atom. The molecular weight excluding hydrogens is 1000 g/mol. The molecule has 0 saturated carbocycles. The SMILES string of the molecule is c1ccc(N(c2ccccc2)c2cccc(N(c3cccc(-c4cccc5c4sc4c6ccccc6ccc54)c3)c3cc(-c4ccc5c(c4)c4ccccc4n5-c4ccccc4)cc(N(c4ccccc4)c4ccccc4)c3)c2)cc1. The van der Waals surface area contributed by atoms with Gasteiger partial charge in [-0.1, -0.05) is 188 Å². The normalized spacial score (nSPS) is 11.5. The van der Waals surface area contributed by atoms with Gasteiger partial charge < -0.3 is 19.3 Å². The van der Waals surface area contributed by atoms with E-state index in [9.17, 15) is 0 Å². The Bertz CT molecular complexity index is 4690. The van der Waals surface area contributed by atoms with Gasteiger partial charge in [-0.15, -0.1) is 11.3 Å². The average molecular weight is 1050 g/mol. The molecular formula is C76H52N4S. The fraction of sp³-hybridized carbons (Fsp3) is 0. The number of benzene rings is 13. The lowest BCUT2D eigenvalue weighted by Crippen LogP contribution is -2.15. The zero-order valence-electron chi connectivity index (χ0n) is 44.2. The maximum Gasteiger partial charge on any atom is 0.0541 e. The number of thiophene rings is 1. The van der Waals surface area contributed by atoms with Crippen LogP contribution in [0.1, 0.15) is 0 Å². The van der Waals surface area contributed by atoms with Gasteiger partial charge >= 0.3 is 0 Å². The Labute approximate surface area is 475 Å². The molecule has 0 saturated heterocycles. The Morgan fingerprint density at radius 2 is 0.679 bits per heavy atom. The number of para-hydroxylation sites is 6. The van der Waals surface area contributed by atoms with Crippen molar-refractivity contribution in [2.45, 2.75) is 0 Å². The van der Waals surface area contributed by atoms with E-state index >= 15 is 0 Å². The molecule has 0 amide bonds. The van der Waals surface area contributed by atoms with Gasteiger partial charge in [-0.05, 0) is 160 Å². The van der Waals surface area contributed by atoms with Crippen LogP contribution in [0.15, 0.2) is 315 Å². The molecule has 382 valence electrons. The van der Waals surface area contributed by atoms with Crippen molar-refractivity contribution in [3.05, 3.63) is 315 Å². The number of nitrogens with zero attached hydrogens (tertiary/aromatic N) is 4. The van der Waals surface area contributed by atoms with Gasteiger partial charge in [0.25, 0.3) is 0 Å². The van der Waals surface area contributed by atoms with Gasteiger partial charge in [-0.25, -0.2) is 0 Å². The van der Waals surface area contributed by atoms with Crippen molar-refractivity contribution in [1.82, 2.24) is 4.57 Å². The summed E-state index contributed by atoms with van der Waals surface area (Å²) in [5, 5.41) is 7.53. The molecule has 0 aliphatic carbocycles. The van der Waals surface area contributed by atoms with Crippen molar-refractivity contribution in [3.63, 3.8) is 0 Å². The van der Waals surface area contributed by atoms with Gasteiger partial charge in [0.15, 0.2) is 0 Å². The first-order valence-corrected chi connectivity index (χ1v) is 28.4. The molecule has 4 nitrogen and oxygen atoms in total. The van der Waals surface area contributed by atoms with Gasteiger partial charge in [0.05, 0.1) is 11.0 Å². The Balaban J connectivity index is 0.984. The van der Waals surface area contributed by atoms with Crippen LogP contribution in [0.2, 0.25) is 0 Å². The quantitative estimate of drug-likeness (QED) is 0.121. The highest BCUT2D eigenvalue weighted by molar-refractivity contribution is 7.27. The van der Waals surface area contributed by atoms with E-state index in [4.69, 9.17) is 0 Å². The molecule has 0 unspecified atom stereocenters. The smallest absolute Gasteiger partial charge is 0.0541 e. The number of fused-ring (bicyclic) bond motifs is 8. The van der Waals surface area contributed by atoms with Gasteiger partial charge in [0.2, 0.25) is 0 Å². The van der Waals surface area contributed by atoms with Crippen molar-refractivity contribution in [3.8, 4) is 27.9 Å². The van der Waals surface area contributed by atoms with E-state index in [0.717, 1.165) is 79.1 Å². The largest absolute Gasteiger partial charge is 0.310 e. The third-order valence-electron chi connectivity index (χ3n) is 15.6. The number of hydrogen-bond acceptors (Lipinski definition) is 4. The van der Waals surface area contributed by atoms with Crippen molar-refractivity contribution < 1.29 is 0 Å². The lowest BCUT2D eigenvalue weighted by Gasteiger charge is -2.31. The van der Waals surface area contributed by atoms with Crippen LogP contribution in [0.5, 0.6) is 0 Å². The van der Waals surface area contributed by atoms with Gasteiger partial charge in [-0.3, -0.25) is 0 Å². The molecule has 0 bridgehead atoms.